The topological polar surface area (TPSA) is 62.5 Å². The van der Waals surface area contributed by atoms with Crippen LogP contribution >= 0.6 is 11.3 Å². The Hall–Kier alpha value is -1.50. The van der Waals surface area contributed by atoms with E-state index in [1.54, 1.807) is 11.3 Å². The fraction of sp³-hybridized carbons (Fsp3) is 0.467. The second kappa shape index (κ2) is 6.09. The summed E-state index contributed by atoms with van der Waals surface area (Å²) in [5, 5.41) is 1.17. The van der Waals surface area contributed by atoms with Gasteiger partial charge in [0, 0.05) is 26.2 Å². The Kier molecular flexibility index (Phi) is 4.19. The molecule has 3 rings (SSSR count). The van der Waals surface area contributed by atoms with Crippen molar-refractivity contribution in [3.8, 4) is 0 Å². The van der Waals surface area contributed by atoms with Gasteiger partial charge in [-0.15, -0.1) is 11.3 Å². The molecule has 1 atom stereocenters. The van der Waals surface area contributed by atoms with E-state index in [0.717, 1.165) is 31.7 Å². The van der Waals surface area contributed by atoms with Gasteiger partial charge in [-0.25, -0.2) is 4.98 Å². The lowest BCUT2D eigenvalue weighted by molar-refractivity contribution is -0.119. The maximum absolute atomic E-state index is 11.0. The van der Waals surface area contributed by atoms with Crippen LogP contribution in [0, 0.1) is 0 Å². The van der Waals surface area contributed by atoms with Gasteiger partial charge in [0.15, 0.2) is 0 Å². The molecule has 1 aliphatic heterocycles. The average molecular weight is 304 g/mol. The van der Waals surface area contributed by atoms with Crippen molar-refractivity contribution in [1.82, 2.24) is 14.8 Å². The molecule has 1 fully saturated rings. The number of amides is 1. The molecule has 0 spiro atoms. The summed E-state index contributed by atoms with van der Waals surface area (Å²) < 4.78 is 1.24. The van der Waals surface area contributed by atoms with Gasteiger partial charge in [0.25, 0.3) is 0 Å². The van der Waals surface area contributed by atoms with Crippen LogP contribution in [0.15, 0.2) is 24.3 Å². The van der Waals surface area contributed by atoms with E-state index in [-0.39, 0.29) is 5.91 Å². The number of primary amides is 1. The molecule has 1 aliphatic rings. The number of nitrogens with zero attached hydrogens (tertiary/aromatic N) is 3. The van der Waals surface area contributed by atoms with Crippen LogP contribution in [0.5, 0.6) is 0 Å². The molecule has 1 aromatic heterocycles. The zero-order valence-electron chi connectivity index (χ0n) is 12.2. The predicted octanol–water partition coefficient (Wildman–Crippen LogP) is 1.46. The number of aromatic nitrogens is 1. The van der Waals surface area contributed by atoms with Crippen LogP contribution < -0.4 is 5.73 Å². The van der Waals surface area contributed by atoms with E-state index in [1.807, 2.05) is 6.07 Å². The first kappa shape index (κ1) is 14.4. The van der Waals surface area contributed by atoms with E-state index < -0.39 is 0 Å². The molecule has 1 amide bonds. The maximum Gasteiger partial charge on any atom is 0.231 e. The van der Waals surface area contributed by atoms with Crippen molar-refractivity contribution in [2.24, 2.45) is 5.73 Å². The molecule has 2 aromatic rings. The molecular formula is C15H20N4OS. The summed E-state index contributed by atoms with van der Waals surface area (Å²) in [6.45, 7) is 6.25. The Bertz CT molecular complexity index is 600. The molecule has 21 heavy (non-hydrogen) atoms. The fourth-order valence-corrected chi connectivity index (χ4v) is 3.81. The summed E-state index contributed by atoms with van der Waals surface area (Å²) in [6.07, 6.45) is 0. The molecule has 1 unspecified atom stereocenters. The van der Waals surface area contributed by atoms with Crippen LogP contribution in [0.4, 0.5) is 0 Å². The monoisotopic (exact) mass is 304 g/mol. The number of piperazine rings is 1. The van der Waals surface area contributed by atoms with Crippen LogP contribution in [-0.4, -0.2) is 53.4 Å². The number of nitrogens with two attached hydrogens (primary N) is 1. The summed E-state index contributed by atoms with van der Waals surface area (Å²) in [4.78, 5) is 20.2. The highest BCUT2D eigenvalue weighted by Crippen LogP contribution is 2.29. The maximum atomic E-state index is 11.0. The zero-order chi connectivity index (χ0) is 14.8. The molecule has 2 heterocycles. The van der Waals surface area contributed by atoms with Gasteiger partial charge in [-0.05, 0) is 19.1 Å². The summed E-state index contributed by atoms with van der Waals surface area (Å²) in [5.74, 6) is -0.248. The summed E-state index contributed by atoms with van der Waals surface area (Å²) in [6, 6.07) is 8.58. The summed E-state index contributed by atoms with van der Waals surface area (Å²) >= 11 is 1.77. The lowest BCUT2D eigenvalue weighted by Crippen LogP contribution is -2.49. The largest absolute Gasteiger partial charge is 0.369 e. The van der Waals surface area contributed by atoms with Gasteiger partial charge in [0.05, 0.1) is 22.8 Å². The van der Waals surface area contributed by atoms with E-state index >= 15 is 0 Å². The van der Waals surface area contributed by atoms with Gasteiger partial charge in [0.1, 0.15) is 5.01 Å². The van der Waals surface area contributed by atoms with Crippen molar-refractivity contribution in [2.45, 2.75) is 13.0 Å². The third kappa shape index (κ3) is 3.23. The normalized spacial score (nSPS) is 18.9. The Morgan fingerprint density at radius 1 is 1.33 bits per heavy atom. The lowest BCUT2D eigenvalue weighted by Gasteiger charge is -2.36. The van der Waals surface area contributed by atoms with Gasteiger partial charge < -0.3 is 5.73 Å². The van der Waals surface area contributed by atoms with E-state index in [4.69, 9.17) is 10.7 Å². The number of rotatable bonds is 4. The minimum absolute atomic E-state index is 0.248. The standard InChI is InChI=1S/C15H20N4OS/c1-11(15-17-12-4-2-3-5-13(12)21-15)19-8-6-18(7-9-19)10-14(16)20/h2-5,11H,6-10H2,1H3,(H2,16,20). The zero-order valence-corrected chi connectivity index (χ0v) is 13.0. The molecule has 1 aromatic carbocycles. The molecule has 112 valence electrons. The number of hydrogen-bond donors (Lipinski definition) is 1. The molecule has 1 saturated heterocycles. The third-order valence-electron chi connectivity index (χ3n) is 4.00. The smallest absolute Gasteiger partial charge is 0.231 e. The van der Waals surface area contributed by atoms with Crippen LogP contribution in [0.25, 0.3) is 10.2 Å². The highest BCUT2D eigenvalue weighted by Gasteiger charge is 2.24. The van der Waals surface area contributed by atoms with Crippen molar-refractivity contribution < 1.29 is 4.79 Å². The molecule has 2 N–H and O–H groups in total. The SMILES string of the molecule is CC(c1nc2ccccc2s1)N1CCN(CC(N)=O)CC1. The van der Waals surface area contributed by atoms with Gasteiger partial charge in [0.2, 0.25) is 5.91 Å². The fourth-order valence-electron chi connectivity index (χ4n) is 2.75. The minimum Gasteiger partial charge on any atom is -0.369 e. The number of benzene rings is 1. The van der Waals surface area contributed by atoms with Gasteiger partial charge in [-0.3, -0.25) is 14.6 Å². The van der Waals surface area contributed by atoms with E-state index in [9.17, 15) is 4.79 Å². The van der Waals surface area contributed by atoms with Crippen LogP contribution in [0.3, 0.4) is 0 Å². The van der Waals surface area contributed by atoms with Crippen molar-refractivity contribution in [1.29, 1.82) is 0 Å². The Morgan fingerprint density at radius 2 is 2.05 bits per heavy atom. The number of carbonyl (C=O) groups excluding carboxylic acids is 1. The Labute approximate surface area is 128 Å². The summed E-state index contributed by atoms with van der Waals surface area (Å²) in [5.41, 5.74) is 6.33. The molecule has 0 radical (unpaired) electrons. The van der Waals surface area contributed by atoms with Crippen molar-refractivity contribution in [3.05, 3.63) is 29.3 Å². The highest BCUT2D eigenvalue weighted by molar-refractivity contribution is 7.18. The number of para-hydroxylation sites is 1. The first-order valence-electron chi connectivity index (χ1n) is 7.23. The van der Waals surface area contributed by atoms with E-state index in [0.29, 0.717) is 12.6 Å². The molecule has 0 aliphatic carbocycles. The number of fused-ring (bicyclic) bond motifs is 1. The Morgan fingerprint density at radius 3 is 2.71 bits per heavy atom. The molecule has 0 bridgehead atoms. The van der Waals surface area contributed by atoms with Crippen LogP contribution in [-0.2, 0) is 4.79 Å². The number of hydrogen-bond acceptors (Lipinski definition) is 5. The van der Waals surface area contributed by atoms with E-state index in [2.05, 4.69) is 34.9 Å². The Balaban J connectivity index is 1.66. The number of carbonyl (C=O) groups is 1. The summed E-state index contributed by atoms with van der Waals surface area (Å²) in [7, 11) is 0. The molecule has 5 nitrogen and oxygen atoms in total. The van der Waals surface area contributed by atoms with E-state index in [1.165, 1.54) is 9.71 Å². The minimum atomic E-state index is -0.248. The van der Waals surface area contributed by atoms with Crippen molar-refractivity contribution in [2.75, 3.05) is 32.7 Å². The lowest BCUT2D eigenvalue weighted by atomic mass is 10.2. The van der Waals surface area contributed by atoms with Gasteiger partial charge in [-0.2, -0.15) is 0 Å². The van der Waals surface area contributed by atoms with Gasteiger partial charge in [-0.1, -0.05) is 12.1 Å². The molecular weight excluding hydrogens is 284 g/mol. The average Bonchev–Trinajstić information content (AvgIpc) is 2.90. The number of thiazole rings is 1. The van der Waals surface area contributed by atoms with Crippen LogP contribution in [0.1, 0.15) is 18.0 Å². The predicted molar refractivity (Wildman–Crippen MR) is 85.2 cm³/mol. The quantitative estimate of drug-likeness (QED) is 0.929. The van der Waals surface area contributed by atoms with Crippen molar-refractivity contribution >= 4 is 27.5 Å². The third-order valence-corrected chi connectivity index (χ3v) is 5.21. The first-order valence-corrected chi connectivity index (χ1v) is 8.05. The van der Waals surface area contributed by atoms with Gasteiger partial charge >= 0.3 is 0 Å². The van der Waals surface area contributed by atoms with Crippen molar-refractivity contribution in [3.63, 3.8) is 0 Å². The second-order valence-electron chi connectivity index (χ2n) is 5.47. The van der Waals surface area contributed by atoms with Crippen LogP contribution in [0.2, 0.25) is 0 Å². The molecule has 6 heteroatoms. The molecule has 0 saturated carbocycles. The first-order chi connectivity index (χ1) is 10.1. The highest BCUT2D eigenvalue weighted by atomic mass is 32.1. The second-order valence-corrected chi connectivity index (χ2v) is 6.54.